The number of carbonyl (C=O) groups excluding carboxylic acids is 4. The van der Waals surface area contributed by atoms with Gasteiger partial charge in [-0.25, -0.2) is 9.59 Å². The van der Waals surface area contributed by atoms with Gasteiger partial charge in [0.15, 0.2) is 6.10 Å². The number of likely N-dealkylation sites (tertiary alicyclic amines) is 2. The maximum atomic E-state index is 14.1. The number of amides is 4. The number of nitrogens with one attached hydrogen (secondary N) is 1. The molecule has 0 unspecified atom stereocenters. The number of piperazine rings is 1. The molecule has 6 rings (SSSR count). The topological polar surface area (TPSA) is 115 Å². The minimum Gasteiger partial charge on any atom is -0.436 e. The lowest BCUT2D eigenvalue weighted by Gasteiger charge is -2.42. The van der Waals surface area contributed by atoms with E-state index in [-0.39, 0.29) is 24.4 Å². The number of anilines is 1. The Labute approximate surface area is 289 Å². The molecular weight excluding hydrogens is 624 g/mol. The molecule has 0 bridgehead atoms. The van der Waals surface area contributed by atoms with E-state index in [0.29, 0.717) is 63.8 Å². The zero-order chi connectivity index (χ0) is 34.5. The Morgan fingerprint density at radius 3 is 2.20 bits per heavy atom. The van der Waals surface area contributed by atoms with Crippen LogP contribution in [-0.4, -0.2) is 133 Å². The summed E-state index contributed by atoms with van der Waals surface area (Å²) in [5.74, 6) is 0.309. The summed E-state index contributed by atoms with van der Waals surface area (Å²) in [6, 6.07) is 12.1. The van der Waals surface area contributed by atoms with Crippen LogP contribution >= 0.6 is 0 Å². The van der Waals surface area contributed by atoms with Crippen LogP contribution in [0, 0.1) is 13.8 Å². The Bertz CT molecular complexity index is 1490. The van der Waals surface area contributed by atoms with Gasteiger partial charge in [-0.2, -0.15) is 0 Å². The van der Waals surface area contributed by atoms with Crippen molar-refractivity contribution < 1.29 is 28.7 Å². The molecule has 1 N–H and O–H groups in total. The maximum Gasteiger partial charge on any atom is 0.410 e. The summed E-state index contributed by atoms with van der Waals surface area (Å²) in [6.07, 6.45) is 3.03. The molecule has 4 heterocycles. The van der Waals surface area contributed by atoms with Crippen LogP contribution in [0.4, 0.5) is 15.3 Å². The Kier molecular flexibility index (Phi) is 11.0. The highest BCUT2D eigenvalue weighted by atomic mass is 16.6. The monoisotopic (exact) mass is 674 g/mol. The Hall–Kier alpha value is -4.16. The van der Waals surface area contributed by atoms with Gasteiger partial charge < -0.3 is 34.4 Å². The van der Waals surface area contributed by atoms with Gasteiger partial charge in [0.05, 0.1) is 0 Å². The van der Waals surface area contributed by atoms with E-state index >= 15 is 0 Å². The lowest BCUT2D eigenvalue weighted by molar-refractivity contribution is -0.143. The average Bonchev–Trinajstić information content (AvgIpc) is 3.27. The Morgan fingerprint density at radius 1 is 0.878 bits per heavy atom. The van der Waals surface area contributed by atoms with Gasteiger partial charge in [0.1, 0.15) is 5.75 Å². The van der Waals surface area contributed by atoms with Crippen LogP contribution in [0.25, 0.3) is 0 Å². The molecule has 0 aromatic heterocycles. The van der Waals surface area contributed by atoms with E-state index in [1.54, 1.807) is 4.90 Å². The van der Waals surface area contributed by atoms with Crippen LogP contribution in [0.3, 0.4) is 0 Å². The van der Waals surface area contributed by atoms with E-state index in [1.807, 2.05) is 60.0 Å². The molecule has 0 radical (unpaired) electrons. The summed E-state index contributed by atoms with van der Waals surface area (Å²) >= 11 is 0. The second kappa shape index (κ2) is 15.6. The van der Waals surface area contributed by atoms with E-state index in [0.717, 1.165) is 73.4 Å². The quantitative estimate of drug-likeness (QED) is 0.422. The molecule has 3 saturated heterocycles. The van der Waals surface area contributed by atoms with E-state index in [9.17, 15) is 19.2 Å². The van der Waals surface area contributed by atoms with Gasteiger partial charge >= 0.3 is 12.1 Å². The van der Waals surface area contributed by atoms with Crippen molar-refractivity contribution in [3.8, 4) is 5.75 Å². The van der Waals surface area contributed by atoms with Crippen LogP contribution in [-0.2, 0) is 27.2 Å². The zero-order valence-corrected chi connectivity index (χ0v) is 29.1. The van der Waals surface area contributed by atoms with E-state index in [1.165, 1.54) is 0 Å². The number of piperidine rings is 2. The molecule has 4 aliphatic rings. The van der Waals surface area contributed by atoms with Crippen LogP contribution in [0.1, 0.15) is 47.9 Å². The lowest BCUT2D eigenvalue weighted by Crippen LogP contribution is -2.56. The highest BCUT2D eigenvalue weighted by molar-refractivity contribution is 5.91. The number of nitrogens with zero attached hydrogens (tertiary/aromatic N) is 5. The fourth-order valence-corrected chi connectivity index (χ4v) is 7.95. The molecule has 4 amide bonds. The Morgan fingerprint density at radius 2 is 1.53 bits per heavy atom. The van der Waals surface area contributed by atoms with Crippen molar-refractivity contribution in [2.45, 2.75) is 70.6 Å². The minimum atomic E-state index is -0.994. The molecular formula is C37H50N6O6. The first-order chi connectivity index (χ1) is 23.7. The van der Waals surface area contributed by atoms with Crippen LogP contribution < -0.4 is 10.1 Å². The number of ether oxygens (including phenoxy) is 2. The van der Waals surface area contributed by atoms with Gasteiger partial charge in [-0.05, 0) is 94.4 Å². The summed E-state index contributed by atoms with van der Waals surface area (Å²) in [5.41, 5.74) is 4.35. The zero-order valence-electron chi connectivity index (χ0n) is 29.1. The van der Waals surface area contributed by atoms with Crippen molar-refractivity contribution in [2.24, 2.45) is 0 Å². The van der Waals surface area contributed by atoms with Crippen LogP contribution in [0.2, 0.25) is 0 Å². The standard InChI is InChI=1S/C37H50N6O6/c1-26-22-28(23-27(2)34(26)48-25-44)24-33(35(45)41-20-18-40(19-21-41)30-9-13-39(3)14-10-30)49-37(47)42-15-11-31(12-16-42)43-17-8-29-6-4-5-7-32(29)38-36(43)46/h4-7,22-23,25,30-31,33H,8-21,24H2,1-3H3,(H,38,46)/t33-/m1/s1. The summed E-state index contributed by atoms with van der Waals surface area (Å²) in [6.45, 7) is 10.6. The maximum absolute atomic E-state index is 14.1. The molecule has 0 saturated carbocycles. The summed E-state index contributed by atoms with van der Waals surface area (Å²) < 4.78 is 11.3. The molecule has 49 heavy (non-hydrogen) atoms. The third-order valence-corrected chi connectivity index (χ3v) is 10.8. The fourth-order valence-electron chi connectivity index (χ4n) is 7.95. The summed E-state index contributed by atoms with van der Waals surface area (Å²) in [5, 5.41) is 3.05. The minimum absolute atomic E-state index is 0.00898. The predicted octanol–water partition coefficient (Wildman–Crippen LogP) is 3.68. The number of aryl methyl sites for hydroxylation is 2. The number of urea groups is 1. The van der Waals surface area contributed by atoms with E-state index in [4.69, 9.17) is 9.47 Å². The van der Waals surface area contributed by atoms with Gasteiger partial charge in [-0.15, -0.1) is 0 Å². The molecule has 12 heteroatoms. The molecule has 1 atom stereocenters. The lowest BCUT2D eigenvalue weighted by atomic mass is 10.00. The van der Waals surface area contributed by atoms with Crippen molar-refractivity contribution in [3.63, 3.8) is 0 Å². The predicted molar refractivity (Wildman–Crippen MR) is 186 cm³/mol. The number of hydrogen-bond donors (Lipinski definition) is 1. The Balaban J connectivity index is 1.10. The second-order valence-corrected chi connectivity index (χ2v) is 14.0. The molecule has 0 aliphatic carbocycles. The average molecular weight is 675 g/mol. The molecule has 0 spiro atoms. The number of rotatable bonds is 8. The number of fused-ring (bicyclic) bond motifs is 1. The van der Waals surface area contributed by atoms with E-state index < -0.39 is 12.2 Å². The first-order valence-electron chi connectivity index (χ1n) is 17.7. The van der Waals surface area contributed by atoms with E-state index in [2.05, 4.69) is 22.2 Å². The molecule has 12 nitrogen and oxygen atoms in total. The summed E-state index contributed by atoms with van der Waals surface area (Å²) in [4.78, 5) is 62.2. The van der Waals surface area contributed by atoms with Crippen LogP contribution in [0.5, 0.6) is 5.75 Å². The highest BCUT2D eigenvalue weighted by Gasteiger charge is 2.36. The molecule has 4 aliphatic heterocycles. The number of hydrogen-bond acceptors (Lipinski definition) is 8. The third kappa shape index (κ3) is 8.18. The second-order valence-electron chi connectivity index (χ2n) is 14.0. The molecule has 2 aromatic rings. The SMILES string of the molecule is Cc1cc(C[C@@H](OC(=O)N2CCC(N3CCc4ccccc4NC3=O)CC2)C(=O)N2CCN(C3CCN(C)CC3)CC2)cc(C)c1OC=O. The van der Waals surface area contributed by atoms with Gasteiger partial charge in [0, 0.05) is 70.0 Å². The first kappa shape index (κ1) is 34.7. The fraction of sp³-hybridized carbons (Fsp3) is 0.568. The highest BCUT2D eigenvalue weighted by Crippen LogP contribution is 2.28. The van der Waals surface area contributed by atoms with Gasteiger partial charge in [0.25, 0.3) is 12.4 Å². The van der Waals surface area contributed by atoms with Crippen molar-refractivity contribution in [3.05, 3.63) is 58.7 Å². The van der Waals surface area contributed by atoms with Crippen molar-refractivity contribution in [1.82, 2.24) is 24.5 Å². The van der Waals surface area contributed by atoms with Gasteiger partial charge in [-0.1, -0.05) is 30.3 Å². The first-order valence-corrected chi connectivity index (χ1v) is 17.7. The summed E-state index contributed by atoms with van der Waals surface area (Å²) in [7, 11) is 2.16. The van der Waals surface area contributed by atoms with Gasteiger partial charge in [-0.3, -0.25) is 14.5 Å². The van der Waals surface area contributed by atoms with Gasteiger partial charge in [0.2, 0.25) is 0 Å². The number of carbonyl (C=O) groups is 4. The van der Waals surface area contributed by atoms with Crippen LogP contribution in [0.15, 0.2) is 36.4 Å². The van der Waals surface area contributed by atoms with Crippen molar-refractivity contribution >= 4 is 30.2 Å². The van der Waals surface area contributed by atoms with Crippen molar-refractivity contribution in [2.75, 3.05) is 71.3 Å². The molecule has 264 valence electrons. The molecule has 3 fully saturated rings. The molecule has 2 aromatic carbocycles. The normalized spacial score (nSPS) is 20.6. The smallest absolute Gasteiger partial charge is 0.410 e. The number of para-hydroxylation sites is 1. The third-order valence-electron chi connectivity index (χ3n) is 10.8. The largest absolute Gasteiger partial charge is 0.436 e. The van der Waals surface area contributed by atoms with Crippen molar-refractivity contribution in [1.29, 1.82) is 0 Å². The number of benzene rings is 2.